The zero-order valence-electron chi connectivity index (χ0n) is 15.0. The van der Waals surface area contributed by atoms with E-state index in [4.69, 9.17) is 0 Å². The standard InChI is InChI=1S/C19H31NO3/c1-12(15(21)13-8-6-5-7-9-13)16(22)20-14-10-18(2,3)19(4,11-14)17(20)23/h12-15,21H,5-11H2,1-4H3/t12-,14-,15-,19+/m1/s1. The topological polar surface area (TPSA) is 57.6 Å². The van der Waals surface area contributed by atoms with Crippen LogP contribution in [0.5, 0.6) is 0 Å². The monoisotopic (exact) mass is 321 g/mol. The number of fused-ring (bicyclic) bond motifs is 2. The summed E-state index contributed by atoms with van der Waals surface area (Å²) in [6.45, 7) is 8.07. The van der Waals surface area contributed by atoms with Crippen molar-refractivity contribution in [3.05, 3.63) is 0 Å². The highest BCUT2D eigenvalue weighted by Crippen LogP contribution is 2.59. The third-order valence-corrected chi connectivity index (χ3v) is 7.21. The minimum atomic E-state index is -0.615. The van der Waals surface area contributed by atoms with Crippen LogP contribution in [0.25, 0.3) is 0 Å². The SMILES string of the molecule is C[C@@H](C(=O)N1C(=O)[C@]2(C)C[C@H]1CC2(C)C)[C@@H](O)C1CCCCC1. The molecule has 2 aliphatic carbocycles. The zero-order valence-corrected chi connectivity index (χ0v) is 15.0. The lowest BCUT2D eigenvalue weighted by atomic mass is 9.68. The van der Waals surface area contributed by atoms with Crippen LogP contribution < -0.4 is 0 Å². The Morgan fingerprint density at radius 1 is 1.17 bits per heavy atom. The van der Waals surface area contributed by atoms with E-state index in [9.17, 15) is 14.7 Å². The third kappa shape index (κ3) is 2.45. The molecule has 130 valence electrons. The first-order chi connectivity index (χ1) is 10.7. The van der Waals surface area contributed by atoms with Crippen LogP contribution in [0.2, 0.25) is 0 Å². The van der Waals surface area contributed by atoms with E-state index < -0.39 is 17.4 Å². The molecule has 2 saturated carbocycles. The van der Waals surface area contributed by atoms with Crippen LogP contribution in [0.1, 0.15) is 72.6 Å². The van der Waals surface area contributed by atoms with Crippen LogP contribution in [0.15, 0.2) is 0 Å². The lowest BCUT2D eigenvalue weighted by molar-refractivity contribution is -0.159. The molecule has 4 atom stereocenters. The van der Waals surface area contributed by atoms with Crippen LogP contribution >= 0.6 is 0 Å². The highest BCUT2D eigenvalue weighted by atomic mass is 16.3. The molecule has 2 amide bonds. The summed E-state index contributed by atoms with van der Waals surface area (Å²) >= 11 is 0. The summed E-state index contributed by atoms with van der Waals surface area (Å²) in [6, 6.07) is 0.0241. The molecule has 0 aromatic heterocycles. The Labute approximate surface area is 139 Å². The number of likely N-dealkylation sites (tertiary alicyclic amines) is 1. The van der Waals surface area contributed by atoms with Crippen LogP contribution in [-0.2, 0) is 9.59 Å². The fourth-order valence-electron chi connectivity index (χ4n) is 5.15. The summed E-state index contributed by atoms with van der Waals surface area (Å²) in [7, 11) is 0. The van der Waals surface area contributed by atoms with Gasteiger partial charge in [-0.25, -0.2) is 0 Å². The van der Waals surface area contributed by atoms with E-state index in [1.165, 1.54) is 11.3 Å². The van der Waals surface area contributed by atoms with Gasteiger partial charge < -0.3 is 5.11 Å². The van der Waals surface area contributed by atoms with Crippen molar-refractivity contribution in [1.29, 1.82) is 0 Å². The minimum absolute atomic E-state index is 0.0218. The number of imide groups is 1. The summed E-state index contributed by atoms with van der Waals surface area (Å²) in [5.41, 5.74) is -0.473. The molecule has 1 aliphatic heterocycles. The van der Waals surface area contributed by atoms with E-state index in [2.05, 4.69) is 13.8 Å². The maximum absolute atomic E-state index is 12.9. The van der Waals surface area contributed by atoms with Gasteiger partial charge in [0.25, 0.3) is 0 Å². The number of aliphatic hydroxyl groups excluding tert-OH is 1. The molecule has 23 heavy (non-hydrogen) atoms. The Hall–Kier alpha value is -0.900. The lowest BCUT2D eigenvalue weighted by Gasteiger charge is -2.42. The molecule has 0 aromatic carbocycles. The van der Waals surface area contributed by atoms with E-state index in [1.807, 2.05) is 6.92 Å². The smallest absolute Gasteiger partial charge is 0.235 e. The van der Waals surface area contributed by atoms with Crippen LogP contribution in [-0.4, -0.2) is 34.0 Å². The van der Waals surface area contributed by atoms with Crippen LogP contribution in [0.3, 0.4) is 0 Å². The average Bonchev–Trinajstić information content (AvgIpc) is 2.91. The number of carbonyl (C=O) groups excluding carboxylic acids is 2. The predicted octanol–water partition coefficient (Wildman–Crippen LogP) is 3.13. The zero-order chi connectivity index (χ0) is 17.0. The Balaban J connectivity index is 1.73. The molecule has 1 heterocycles. The largest absolute Gasteiger partial charge is 0.392 e. The molecule has 4 nitrogen and oxygen atoms in total. The Morgan fingerprint density at radius 3 is 2.30 bits per heavy atom. The molecule has 3 aliphatic rings. The summed E-state index contributed by atoms with van der Waals surface area (Å²) in [5, 5.41) is 10.6. The molecule has 3 rings (SSSR count). The second kappa shape index (κ2) is 5.58. The van der Waals surface area contributed by atoms with Gasteiger partial charge in [-0.2, -0.15) is 0 Å². The molecular formula is C19H31NO3. The maximum atomic E-state index is 12.9. The van der Waals surface area contributed by atoms with Gasteiger partial charge in [-0.1, -0.05) is 47.0 Å². The number of hydrogen-bond donors (Lipinski definition) is 1. The Bertz CT molecular complexity index is 509. The fourth-order valence-corrected chi connectivity index (χ4v) is 5.15. The van der Waals surface area contributed by atoms with Gasteiger partial charge in [0.05, 0.1) is 17.4 Å². The summed E-state index contributed by atoms with van der Waals surface area (Å²) in [4.78, 5) is 27.3. The molecule has 4 heteroatoms. The second-order valence-electron chi connectivity index (χ2n) is 8.97. The number of hydrogen-bond acceptors (Lipinski definition) is 3. The number of amides is 2. The van der Waals surface area contributed by atoms with Gasteiger partial charge in [0.2, 0.25) is 11.8 Å². The highest BCUT2D eigenvalue weighted by molar-refractivity contribution is 6.02. The summed E-state index contributed by atoms with van der Waals surface area (Å²) in [6.07, 6.45) is 6.55. The van der Waals surface area contributed by atoms with E-state index in [0.717, 1.165) is 38.5 Å². The van der Waals surface area contributed by atoms with Gasteiger partial charge in [0, 0.05) is 6.04 Å². The average molecular weight is 321 g/mol. The first-order valence-corrected chi connectivity index (χ1v) is 9.24. The van der Waals surface area contributed by atoms with Gasteiger partial charge in [-0.05, 0) is 37.0 Å². The normalized spacial score (nSPS) is 36.3. The quantitative estimate of drug-likeness (QED) is 0.869. The second-order valence-corrected chi connectivity index (χ2v) is 8.97. The molecule has 0 unspecified atom stereocenters. The van der Waals surface area contributed by atoms with Crippen LogP contribution in [0.4, 0.5) is 0 Å². The first-order valence-electron chi connectivity index (χ1n) is 9.24. The molecule has 1 N–H and O–H groups in total. The molecule has 0 radical (unpaired) electrons. The van der Waals surface area contributed by atoms with Crippen molar-refractivity contribution in [3.8, 4) is 0 Å². The molecule has 0 aromatic rings. The lowest BCUT2D eigenvalue weighted by Crippen LogP contribution is -2.53. The maximum Gasteiger partial charge on any atom is 0.235 e. The van der Waals surface area contributed by atoms with E-state index in [1.54, 1.807) is 6.92 Å². The Morgan fingerprint density at radius 2 is 1.78 bits per heavy atom. The van der Waals surface area contributed by atoms with Crippen molar-refractivity contribution < 1.29 is 14.7 Å². The molecule has 0 spiro atoms. The molecule has 1 saturated heterocycles. The van der Waals surface area contributed by atoms with Crippen molar-refractivity contribution in [1.82, 2.24) is 4.90 Å². The number of nitrogens with zero attached hydrogens (tertiary/aromatic N) is 1. The van der Waals surface area contributed by atoms with Gasteiger partial charge >= 0.3 is 0 Å². The van der Waals surface area contributed by atoms with Crippen LogP contribution in [0, 0.1) is 22.7 Å². The first kappa shape index (κ1) is 16.9. The summed E-state index contributed by atoms with van der Waals surface area (Å²) < 4.78 is 0. The third-order valence-electron chi connectivity index (χ3n) is 7.21. The molecular weight excluding hydrogens is 290 g/mol. The predicted molar refractivity (Wildman–Crippen MR) is 88.5 cm³/mol. The van der Waals surface area contributed by atoms with Gasteiger partial charge in [-0.15, -0.1) is 0 Å². The Kier molecular flexibility index (Phi) is 4.11. The van der Waals surface area contributed by atoms with Crippen molar-refractivity contribution >= 4 is 11.8 Å². The van der Waals surface area contributed by atoms with Gasteiger partial charge in [-0.3, -0.25) is 14.5 Å². The van der Waals surface area contributed by atoms with Gasteiger partial charge in [0.1, 0.15) is 0 Å². The van der Waals surface area contributed by atoms with Crippen molar-refractivity contribution in [2.24, 2.45) is 22.7 Å². The van der Waals surface area contributed by atoms with E-state index in [-0.39, 0.29) is 29.2 Å². The minimum Gasteiger partial charge on any atom is -0.392 e. The van der Waals surface area contributed by atoms with E-state index in [0.29, 0.717) is 0 Å². The summed E-state index contributed by atoms with van der Waals surface area (Å²) in [5.74, 6) is -0.443. The van der Waals surface area contributed by atoms with E-state index >= 15 is 0 Å². The van der Waals surface area contributed by atoms with Gasteiger partial charge in [0.15, 0.2) is 0 Å². The number of rotatable bonds is 3. The van der Waals surface area contributed by atoms with Crippen molar-refractivity contribution in [2.75, 3.05) is 0 Å². The number of carbonyl (C=O) groups is 2. The molecule has 2 bridgehead atoms. The highest BCUT2D eigenvalue weighted by Gasteiger charge is 2.64. The number of aliphatic hydroxyl groups is 1. The fraction of sp³-hybridized carbons (Fsp3) is 0.895. The van der Waals surface area contributed by atoms with Crippen molar-refractivity contribution in [3.63, 3.8) is 0 Å². The molecule has 3 fully saturated rings. The van der Waals surface area contributed by atoms with Crippen molar-refractivity contribution in [2.45, 2.75) is 84.8 Å². The number of piperidine rings is 1.